The first kappa shape index (κ1) is 13.2. The van der Waals surface area contributed by atoms with Gasteiger partial charge in [0.2, 0.25) is 0 Å². The number of nitrogen functional groups attached to an aromatic ring is 1. The summed E-state index contributed by atoms with van der Waals surface area (Å²) in [4.78, 5) is 15.6. The molecule has 1 amide bonds. The van der Waals surface area contributed by atoms with Crippen LogP contribution in [0.15, 0.2) is 30.5 Å². The molecule has 1 aromatic carbocycles. The van der Waals surface area contributed by atoms with E-state index in [1.54, 1.807) is 0 Å². The Balaban J connectivity index is 2.34. The highest BCUT2D eigenvalue weighted by Crippen LogP contribution is 2.21. The molecule has 3 N–H and O–H groups in total. The SMILES string of the molecule is Nc1cnc(Cl)cc1C(=O)Nc1c(F)cccc1F. The molecular formula is C12H8ClF2N3O. The van der Waals surface area contributed by atoms with Gasteiger partial charge in [0.1, 0.15) is 22.5 Å². The van der Waals surface area contributed by atoms with E-state index in [1.165, 1.54) is 18.3 Å². The third-order valence-electron chi connectivity index (χ3n) is 2.35. The molecule has 7 heteroatoms. The molecule has 4 nitrogen and oxygen atoms in total. The van der Waals surface area contributed by atoms with Crippen molar-refractivity contribution in [3.05, 3.63) is 52.8 Å². The summed E-state index contributed by atoms with van der Waals surface area (Å²) in [6.45, 7) is 0. The van der Waals surface area contributed by atoms with Crippen LogP contribution in [-0.2, 0) is 0 Å². The van der Waals surface area contributed by atoms with Gasteiger partial charge in [0.05, 0.1) is 17.4 Å². The molecule has 0 fully saturated rings. The normalized spacial score (nSPS) is 10.3. The number of nitrogens with zero attached hydrogens (tertiary/aromatic N) is 1. The van der Waals surface area contributed by atoms with E-state index < -0.39 is 23.2 Å². The number of pyridine rings is 1. The first-order valence-electron chi connectivity index (χ1n) is 5.15. The van der Waals surface area contributed by atoms with Gasteiger partial charge in [0.15, 0.2) is 0 Å². The summed E-state index contributed by atoms with van der Waals surface area (Å²) in [5.41, 5.74) is 5.05. The lowest BCUT2D eigenvalue weighted by Crippen LogP contribution is -2.16. The summed E-state index contributed by atoms with van der Waals surface area (Å²) in [6, 6.07) is 4.46. The smallest absolute Gasteiger partial charge is 0.258 e. The number of carbonyl (C=O) groups excluding carboxylic acids is 1. The van der Waals surface area contributed by atoms with E-state index in [4.69, 9.17) is 17.3 Å². The molecule has 0 aliphatic rings. The molecule has 0 atom stereocenters. The molecule has 1 heterocycles. The van der Waals surface area contributed by atoms with Crippen molar-refractivity contribution in [3.63, 3.8) is 0 Å². The lowest BCUT2D eigenvalue weighted by atomic mass is 10.2. The van der Waals surface area contributed by atoms with E-state index in [9.17, 15) is 13.6 Å². The predicted octanol–water partition coefficient (Wildman–Crippen LogP) is 2.85. The second-order valence-electron chi connectivity index (χ2n) is 3.65. The highest BCUT2D eigenvalue weighted by Gasteiger charge is 2.16. The van der Waals surface area contributed by atoms with Crippen molar-refractivity contribution in [1.82, 2.24) is 4.98 Å². The Bertz CT molecular complexity index is 629. The molecule has 0 spiro atoms. The number of anilines is 2. The highest BCUT2D eigenvalue weighted by atomic mass is 35.5. The monoisotopic (exact) mass is 283 g/mol. The number of hydrogen-bond donors (Lipinski definition) is 2. The highest BCUT2D eigenvalue weighted by molar-refractivity contribution is 6.30. The molecule has 19 heavy (non-hydrogen) atoms. The third kappa shape index (κ3) is 2.79. The van der Waals surface area contributed by atoms with E-state index in [0.717, 1.165) is 12.1 Å². The average molecular weight is 284 g/mol. The first-order chi connectivity index (χ1) is 8.99. The molecule has 0 radical (unpaired) electrons. The van der Waals surface area contributed by atoms with Gasteiger partial charge in [-0.1, -0.05) is 17.7 Å². The van der Waals surface area contributed by atoms with Crippen LogP contribution in [0, 0.1) is 11.6 Å². The van der Waals surface area contributed by atoms with Crippen molar-refractivity contribution < 1.29 is 13.6 Å². The molecular weight excluding hydrogens is 276 g/mol. The zero-order valence-corrected chi connectivity index (χ0v) is 10.2. The Labute approximate surface area is 112 Å². The quantitative estimate of drug-likeness (QED) is 0.833. The van der Waals surface area contributed by atoms with Crippen molar-refractivity contribution >= 4 is 28.9 Å². The summed E-state index contributed by atoms with van der Waals surface area (Å²) < 4.78 is 26.8. The maximum atomic E-state index is 13.4. The van der Waals surface area contributed by atoms with Crippen molar-refractivity contribution in [2.75, 3.05) is 11.1 Å². The van der Waals surface area contributed by atoms with E-state index in [2.05, 4.69) is 10.3 Å². The second-order valence-corrected chi connectivity index (χ2v) is 4.03. The summed E-state index contributed by atoms with van der Waals surface area (Å²) >= 11 is 5.63. The molecule has 98 valence electrons. The average Bonchev–Trinajstić information content (AvgIpc) is 2.37. The standard InChI is InChI=1S/C12H8ClF2N3O/c13-10-4-6(9(16)5-17-10)12(19)18-11-7(14)2-1-3-8(11)15/h1-5H,16H2,(H,18,19). The van der Waals surface area contributed by atoms with E-state index in [-0.39, 0.29) is 16.4 Å². The number of para-hydroxylation sites is 1. The second kappa shape index (κ2) is 5.19. The van der Waals surface area contributed by atoms with Gasteiger partial charge in [-0.15, -0.1) is 0 Å². The van der Waals surface area contributed by atoms with Gasteiger partial charge in [0, 0.05) is 0 Å². The number of nitrogens with two attached hydrogens (primary N) is 1. The van der Waals surface area contributed by atoms with Crippen LogP contribution in [0.3, 0.4) is 0 Å². The largest absolute Gasteiger partial charge is 0.397 e. The van der Waals surface area contributed by atoms with Crippen LogP contribution in [0.5, 0.6) is 0 Å². The topological polar surface area (TPSA) is 68.0 Å². The number of hydrogen-bond acceptors (Lipinski definition) is 3. The predicted molar refractivity (Wildman–Crippen MR) is 68.0 cm³/mol. The zero-order valence-electron chi connectivity index (χ0n) is 9.45. The van der Waals surface area contributed by atoms with Gasteiger partial charge in [-0.2, -0.15) is 0 Å². The van der Waals surface area contributed by atoms with Crippen LogP contribution in [0.25, 0.3) is 0 Å². The fourth-order valence-corrected chi connectivity index (χ4v) is 1.59. The summed E-state index contributed by atoms with van der Waals surface area (Å²) in [5.74, 6) is -2.54. The minimum Gasteiger partial charge on any atom is -0.397 e. The Morgan fingerprint density at radius 3 is 2.58 bits per heavy atom. The number of aromatic nitrogens is 1. The summed E-state index contributed by atoms with van der Waals surface area (Å²) in [6.07, 6.45) is 1.19. The molecule has 0 unspecified atom stereocenters. The molecule has 0 saturated carbocycles. The van der Waals surface area contributed by atoms with E-state index in [1.807, 2.05) is 0 Å². The fraction of sp³-hybridized carbons (Fsp3) is 0. The van der Waals surface area contributed by atoms with Gasteiger partial charge in [-0.05, 0) is 18.2 Å². The molecule has 0 aliphatic carbocycles. The molecule has 0 bridgehead atoms. The maximum absolute atomic E-state index is 13.4. The Hall–Kier alpha value is -2.21. The van der Waals surface area contributed by atoms with E-state index >= 15 is 0 Å². The number of nitrogens with one attached hydrogen (secondary N) is 1. The third-order valence-corrected chi connectivity index (χ3v) is 2.55. The van der Waals surface area contributed by atoms with Crippen LogP contribution in [0.2, 0.25) is 5.15 Å². The molecule has 0 saturated heterocycles. The minimum absolute atomic E-state index is 0.0114. The van der Waals surface area contributed by atoms with Crippen molar-refractivity contribution in [3.8, 4) is 0 Å². The van der Waals surface area contributed by atoms with Gasteiger partial charge in [-0.3, -0.25) is 4.79 Å². The summed E-state index contributed by atoms with van der Waals surface area (Å²) in [7, 11) is 0. The lowest BCUT2D eigenvalue weighted by molar-refractivity contribution is 0.102. The Kier molecular flexibility index (Phi) is 3.62. The minimum atomic E-state index is -0.882. The number of amides is 1. The van der Waals surface area contributed by atoms with Crippen LogP contribution in [0.4, 0.5) is 20.2 Å². The first-order valence-corrected chi connectivity index (χ1v) is 5.53. The number of benzene rings is 1. The van der Waals surface area contributed by atoms with Crippen LogP contribution in [-0.4, -0.2) is 10.9 Å². The van der Waals surface area contributed by atoms with Crippen molar-refractivity contribution in [2.24, 2.45) is 0 Å². The van der Waals surface area contributed by atoms with Gasteiger partial charge in [0.25, 0.3) is 5.91 Å². The molecule has 0 aliphatic heterocycles. The van der Waals surface area contributed by atoms with Crippen molar-refractivity contribution in [1.29, 1.82) is 0 Å². The van der Waals surface area contributed by atoms with Crippen LogP contribution >= 0.6 is 11.6 Å². The Morgan fingerprint density at radius 2 is 1.95 bits per heavy atom. The van der Waals surface area contributed by atoms with Gasteiger partial charge in [-0.25, -0.2) is 13.8 Å². The van der Waals surface area contributed by atoms with Crippen LogP contribution in [0.1, 0.15) is 10.4 Å². The molecule has 1 aromatic heterocycles. The lowest BCUT2D eigenvalue weighted by Gasteiger charge is -2.09. The molecule has 2 aromatic rings. The van der Waals surface area contributed by atoms with Crippen molar-refractivity contribution in [2.45, 2.75) is 0 Å². The van der Waals surface area contributed by atoms with Crippen LogP contribution < -0.4 is 11.1 Å². The Morgan fingerprint density at radius 1 is 1.32 bits per heavy atom. The number of carbonyl (C=O) groups is 1. The van der Waals surface area contributed by atoms with Gasteiger partial charge >= 0.3 is 0 Å². The summed E-state index contributed by atoms with van der Waals surface area (Å²) in [5, 5.41) is 2.16. The van der Waals surface area contributed by atoms with Gasteiger partial charge < -0.3 is 11.1 Å². The van der Waals surface area contributed by atoms with E-state index in [0.29, 0.717) is 0 Å². The number of halogens is 3. The number of rotatable bonds is 2. The maximum Gasteiger partial charge on any atom is 0.258 e. The zero-order chi connectivity index (χ0) is 14.0. The fourth-order valence-electron chi connectivity index (χ4n) is 1.44. The molecule has 2 rings (SSSR count).